The summed E-state index contributed by atoms with van der Waals surface area (Å²) in [5.74, 6) is 2.05. The van der Waals surface area contributed by atoms with Gasteiger partial charge < -0.3 is 9.26 Å². The summed E-state index contributed by atoms with van der Waals surface area (Å²) in [7, 11) is 0.691. The molecule has 0 aliphatic carbocycles. The first-order chi connectivity index (χ1) is 18.2. The van der Waals surface area contributed by atoms with Crippen LogP contribution in [-0.4, -0.2) is 36.1 Å². The predicted octanol–water partition coefficient (Wildman–Crippen LogP) is 6.25. The van der Waals surface area contributed by atoms with E-state index in [1.807, 2.05) is 18.3 Å². The zero-order valence-electron chi connectivity index (χ0n) is 21.2. The SMILES string of the molecule is C=CC1CN2CCC1C[C@@H]2[C@@H](OP(c1ccccc1)c1ccccc1)c1ccnc2ccc(OC)cc12. The summed E-state index contributed by atoms with van der Waals surface area (Å²) in [5, 5.41) is 3.56. The molecule has 0 N–H and O–H groups in total. The molecule has 3 aliphatic heterocycles. The highest BCUT2D eigenvalue weighted by molar-refractivity contribution is 7.68. The zero-order chi connectivity index (χ0) is 25.2. The maximum absolute atomic E-state index is 7.38. The summed E-state index contributed by atoms with van der Waals surface area (Å²) in [4.78, 5) is 7.33. The number of fused-ring (bicyclic) bond motifs is 4. The molecule has 0 radical (unpaired) electrons. The van der Waals surface area contributed by atoms with Gasteiger partial charge >= 0.3 is 0 Å². The molecule has 37 heavy (non-hydrogen) atoms. The first-order valence-electron chi connectivity index (χ1n) is 13.1. The number of benzene rings is 3. The van der Waals surface area contributed by atoms with Crippen LogP contribution >= 0.6 is 8.15 Å². The van der Waals surface area contributed by atoms with E-state index in [0.717, 1.165) is 36.2 Å². The van der Waals surface area contributed by atoms with Crippen molar-refractivity contribution >= 4 is 29.7 Å². The number of hydrogen-bond donors (Lipinski definition) is 0. The third-order valence-corrected chi connectivity index (χ3v) is 9.97. The lowest BCUT2D eigenvalue weighted by Gasteiger charge is -2.51. The summed E-state index contributed by atoms with van der Waals surface area (Å²) in [6, 6.07) is 30.0. The van der Waals surface area contributed by atoms with Gasteiger partial charge in [-0.15, -0.1) is 6.58 Å². The number of ether oxygens (including phenoxy) is 1. The second-order valence-corrected chi connectivity index (χ2v) is 11.9. The summed E-state index contributed by atoms with van der Waals surface area (Å²) in [5.41, 5.74) is 2.16. The molecule has 0 saturated carbocycles. The first-order valence-corrected chi connectivity index (χ1v) is 14.4. The molecule has 4 heterocycles. The van der Waals surface area contributed by atoms with Crippen LogP contribution in [0, 0.1) is 11.8 Å². The minimum Gasteiger partial charge on any atom is -0.497 e. The Hall–Kier alpha value is -3.04. The summed E-state index contributed by atoms with van der Waals surface area (Å²) < 4.78 is 13.0. The molecular formula is C32H33N2O2P. The van der Waals surface area contributed by atoms with Crippen LogP contribution in [0.3, 0.4) is 0 Å². The Balaban J connectivity index is 1.48. The van der Waals surface area contributed by atoms with Crippen LogP contribution in [0.1, 0.15) is 24.5 Å². The summed E-state index contributed by atoms with van der Waals surface area (Å²) in [6.07, 6.45) is 6.34. The molecule has 7 rings (SSSR count). The summed E-state index contributed by atoms with van der Waals surface area (Å²) >= 11 is 0. The van der Waals surface area contributed by atoms with Crippen molar-refractivity contribution in [2.45, 2.75) is 25.0 Å². The van der Waals surface area contributed by atoms with E-state index in [0.29, 0.717) is 17.9 Å². The fourth-order valence-corrected chi connectivity index (χ4v) is 7.97. The number of hydrogen-bond acceptors (Lipinski definition) is 4. The number of nitrogens with zero attached hydrogens (tertiary/aromatic N) is 2. The van der Waals surface area contributed by atoms with E-state index < -0.39 is 8.15 Å². The molecule has 188 valence electrons. The van der Waals surface area contributed by atoms with Crippen molar-refractivity contribution < 1.29 is 9.26 Å². The van der Waals surface area contributed by atoms with Crippen LogP contribution in [0.25, 0.3) is 10.9 Å². The Morgan fingerprint density at radius 1 is 1.00 bits per heavy atom. The zero-order valence-corrected chi connectivity index (χ0v) is 22.1. The number of piperidine rings is 3. The predicted molar refractivity (Wildman–Crippen MR) is 153 cm³/mol. The highest BCUT2D eigenvalue weighted by atomic mass is 31.1. The van der Waals surface area contributed by atoms with Crippen molar-refractivity contribution in [1.29, 1.82) is 0 Å². The Morgan fingerprint density at radius 2 is 1.73 bits per heavy atom. The van der Waals surface area contributed by atoms with E-state index in [2.05, 4.69) is 95.3 Å². The second kappa shape index (κ2) is 10.8. The van der Waals surface area contributed by atoms with Crippen LogP contribution in [0.2, 0.25) is 0 Å². The van der Waals surface area contributed by atoms with Crippen molar-refractivity contribution in [1.82, 2.24) is 9.88 Å². The van der Waals surface area contributed by atoms with Crippen LogP contribution in [0.5, 0.6) is 5.75 Å². The standard InChI is InChI=1S/C32H33N2O2P/c1-3-23-22-34-19-17-24(23)20-31(34)32(28-16-18-33-30-15-14-25(35-2)21-29(28)30)36-37(26-10-6-4-7-11-26)27-12-8-5-9-13-27/h3-16,18,21,23-24,31-32H,1,17,19-20,22H2,2H3/t23?,24?,31-,32+/m1/s1. The average molecular weight is 509 g/mol. The van der Waals surface area contributed by atoms with Crippen molar-refractivity contribution in [2.24, 2.45) is 11.8 Å². The molecule has 0 amide bonds. The fraction of sp³-hybridized carbons (Fsp3) is 0.281. The lowest BCUT2D eigenvalue weighted by atomic mass is 9.73. The molecule has 3 saturated heterocycles. The topological polar surface area (TPSA) is 34.6 Å². The number of aromatic nitrogens is 1. The summed E-state index contributed by atoms with van der Waals surface area (Å²) in [6.45, 7) is 6.31. The van der Waals surface area contributed by atoms with Gasteiger partial charge in [0.1, 0.15) is 11.9 Å². The van der Waals surface area contributed by atoms with Gasteiger partial charge in [-0.1, -0.05) is 66.7 Å². The normalized spacial score (nSPS) is 23.7. The highest BCUT2D eigenvalue weighted by Gasteiger charge is 2.44. The molecule has 4 nitrogen and oxygen atoms in total. The number of rotatable bonds is 8. The lowest BCUT2D eigenvalue weighted by molar-refractivity contribution is -0.0320. The van der Waals surface area contributed by atoms with Gasteiger partial charge in [0.2, 0.25) is 0 Å². The third kappa shape index (κ3) is 4.82. The second-order valence-electron chi connectivity index (χ2n) is 10.0. The fourth-order valence-electron chi connectivity index (χ4n) is 6.06. The van der Waals surface area contributed by atoms with Gasteiger partial charge in [0.25, 0.3) is 0 Å². The monoisotopic (exact) mass is 508 g/mol. The highest BCUT2D eigenvalue weighted by Crippen LogP contribution is 2.49. The quantitative estimate of drug-likeness (QED) is 0.208. The average Bonchev–Trinajstić information content (AvgIpc) is 2.98. The van der Waals surface area contributed by atoms with Crippen molar-refractivity contribution in [2.75, 3.05) is 20.2 Å². The molecule has 3 unspecified atom stereocenters. The molecule has 3 aliphatic rings. The Kier molecular flexibility index (Phi) is 7.06. The Bertz CT molecular complexity index is 1320. The molecule has 4 aromatic rings. The minimum absolute atomic E-state index is 0.0994. The number of pyridine rings is 1. The minimum atomic E-state index is -1.03. The van der Waals surface area contributed by atoms with Crippen LogP contribution in [0.15, 0.2) is 104 Å². The van der Waals surface area contributed by atoms with E-state index in [-0.39, 0.29) is 6.10 Å². The van der Waals surface area contributed by atoms with Crippen LogP contribution < -0.4 is 15.3 Å². The maximum atomic E-state index is 7.38. The molecule has 0 spiro atoms. The first kappa shape index (κ1) is 24.3. The van der Waals surface area contributed by atoms with E-state index in [1.165, 1.54) is 22.6 Å². The van der Waals surface area contributed by atoms with Gasteiger partial charge in [0, 0.05) is 34.8 Å². The van der Waals surface area contributed by atoms with Crippen LogP contribution in [0.4, 0.5) is 0 Å². The molecule has 3 aromatic carbocycles. The molecule has 5 atom stereocenters. The van der Waals surface area contributed by atoms with Gasteiger partial charge in [0.15, 0.2) is 0 Å². The van der Waals surface area contributed by atoms with Crippen LogP contribution in [-0.2, 0) is 4.52 Å². The van der Waals surface area contributed by atoms with E-state index in [1.54, 1.807) is 7.11 Å². The van der Waals surface area contributed by atoms with Gasteiger partial charge in [-0.2, -0.15) is 0 Å². The molecule has 3 fully saturated rings. The largest absolute Gasteiger partial charge is 0.497 e. The van der Waals surface area contributed by atoms with Crippen molar-refractivity contribution in [3.8, 4) is 5.75 Å². The molecule has 1 aromatic heterocycles. The number of methoxy groups -OCH3 is 1. The third-order valence-electron chi connectivity index (χ3n) is 7.99. The van der Waals surface area contributed by atoms with Crippen molar-refractivity contribution in [3.05, 3.63) is 109 Å². The van der Waals surface area contributed by atoms with Gasteiger partial charge in [-0.05, 0) is 61.1 Å². The Labute approximate surface area is 220 Å². The van der Waals surface area contributed by atoms with Gasteiger partial charge in [-0.25, -0.2) is 0 Å². The van der Waals surface area contributed by atoms with E-state index in [9.17, 15) is 0 Å². The maximum Gasteiger partial charge on any atom is 0.119 e. The lowest BCUT2D eigenvalue weighted by Crippen LogP contribution is -2.55. The van der Waals surface area contributed by atoms with E-state index in [4.69, 9.17) is 9.26 Å². The Morgan fingerprint density at radius 3 is 2.35 bits per heavy atom. The van der Waals surface area contributed by atoms with Crippen molar-refractivity contribution in [3.63, 3.8) is 0 Å². The molecular weight excluding hydrogens is 475 g/mol. The molecule has 5 heteroatoms. The van der Waals surface area contributed by atoms with Gasteiger partial charge in [-0.3, -0.25) is 9.88 Å². The smallest absolute Gasteiger partial charge is 0.119 e. The van der Waals surface area contributed by atoms with Gasteiger partial charge in [0.05, 0.1) is 20.8 Å². The molecule has 2 bridgehead atoms. The van der Waals surface area contributed by atoms with E-state index >= 15 is 0 Å².